The van der Waals surface area contributed by atoms with Gasteiger partial charge < -0.3 is 19.5 Å². The van der Waals surface area contributed by atoms with E-state index in [0.717, 1.165) is 11.1 Å². The van der Waals surface area contributed by atoms with Gasteiger partial charge in [0.15, 0.2) is 0 Å². The van der Waals surface area contributed by atoms with Gasteiger partial charge in [0.25, 0.3) is 0 Å². The highest BCUT2D eigenvalue weighted by Gasteiger charge is 2.47. The predicted octanol–water partition coefficient (Wildman–Crippen LogP) is 2.90. The van der Waals surface area contributed by atoms with E-state index in [1.165, 1.54) is 23.8 Å². The van der Waals surface area contributed by atoms with Crippen LogP contribution in [0.5, 0.6) is 5.75 Å². The van der Waals surface area contributed by atoms with E-state index in [4.69, 9.17) is 9.47 Å². The zero-order valence-corrected chi connectivity index (χ0v) is 17.5. The number of rotatable bonds is 8. The van der Waals surface area contributed by atoms with Crippen molar-refractivity contribution in [1.82, 2.24) is 4.90 Å². The van der Waals surface area contributed by atoms with E-state index in [-0.39, 0.29) is 18.7 Å². The Hall–Kier alpha value is -3.00. The summed E-state index contributed by atoms with van der Waals surface area (Å²) in [7, 11) is 2.84. The molecule has 30 heavy (non-hydrogen) atoms. The minimum atomic E-state index is -1.06. The molecule has 158 valence electrons. The lowest BCUT2D eigenvalue weighted by molar-refractivity contribution is -0.153. The van der Waals surface area contributed by atoms with Crippen molar-refractivity contribution in [1.29, 1.82) is 0 Å². The van der Waals surface area contributed by atoms with Crippen molar-refractivity contribution in [2.75, 3.05) is 14.2 Å². The molecule has 0 radical (unpaired) electrons. The zero-order valence-electron chi connectivity index (χ0n) is 16.7. The maximum atomic E-state index is 13.2. The number of amides is 1. The molecule has 2 aromatic carbocycles. The smallest absolute Gasteiger partial charge is 0.328 e. The van der Waals surface area contributed by atoms with Gasteiger partial charge in [-0.3, -0.25) is 9.59 Å². The largest absolute Gasteiger partial charge is 0.497 e. The molecule has 0 aliphatic carbocycles. The van der Waals surface area contributed by atoms with Crippen molar-refractivity contribution in [2.45, 2.75) is 29.5 Å². The average molecular weight is 429 g/mol. The van der Waals surface area contributed by atoms with E-state index in [2.05, 4.69) is 0 Å². The summed E-state index contributed by atoms with van der Waals surface area (Å²) in [6, 6.07) is 15.6. The van der Waals surface area contributed by atoms with Gasteiger partial charge in [-0.1, -0.05) is 42.5 Å². The SMILES string of the molecule is COC(=O)C(Cc1ccccc1)N1C(=O)C(CC(=O)O)SC1c1ccc(OC)cc1. The number of nitrogens with zero attached hydrogens (tertiary/aromatic N) is 1. The summed E-state index contributed by atoms with van der Waals surface area (Å²) >= 11 is 1.24. The third-order valence-electron chi connectivity index (χ3n) is 4.92. The molecule has 1 saturated heterocycles. The number of aliphatic carboxylic acids is 1. The van der Waals surface area contributed by atoms with Crippen LogP contribution in [-0.4, -0.2) is 53.4 Å². The number of esters is 1. The molecule has 2 aromatic rings. The first kappa shape index (κ1) is 21.7. The lowest BCUT2D eigenvalue weighted by Crippen LogP contribution is -2.46. The number of ether oxygens (including phenoxy) is 2. The standard InChI is InChI=1S/C22H23NO6S/c1-28-16-10-8-15(9-11-16)21-23(20(26)18(30-21)13-19(24)25)17(22(27)29-2)12-14-6-4-3-5-7-14/h3-11,17-18,21H,12-13H2,1-2H3,(H,24,25). The molecule has 0 bridgehead atoms. The molecule has 1 aliphatic heterocycles. The number of hydrogen-bond acceptors (Lipinski definition) is 6. The van der Waals surface area contributed by atoms with Gasteiger partial charge in [0.2, 0.25) is 5.91 Å². The highest BCUT2D eigenvalue weighted by Crippen LogP contribution is 2.46. The van der Waals surface area contributed by atoms with Crippen LogP contribution in [0.4, 0.5) is 0 Å². The Kier molecular flexibility index (Phi) is 6.99. The second-order valence-electron chi connectivity index (χ2n) is 6.82. The van der Waals surface area contributed by atoms with Crippen LogP contribution in [0, 0.1) is 0 Å². The number of carboxylic acid groups (broad SMARTS) is 1. The van der Waals surface area contributed by atoms with Crippen LogP contribution < -0.4 is 4.74 Å². The molecule has 0 aromatic heterocycles. The Balaban J connectivity index is 1.99. The molecule has 1 aliphatic rings. The number of hydrogen-bond donors (Lipinski definition) is 1. The minimum absolute atomic E-state index is 0.270. The Labute approximate surface area is 179 Å². The average Bonchev–Trinajstić information content (AvgIpc) is 3.07. The van der Waals surface area contributed by atoms with Crippen LogP contribution in [0.1, 0.15) is 22.9 Å². The second-order valence-corrected chi connectivity index (χ2v) is 8.11. The Morgan fingerprint density at radius 1 is 1.10 bits per heavy atom. The van der Waals surface area contributed by atoms with E-state index in [9.17, 15) is 19.5 Å². The first-order valence-corrected chi connectivity index (χ1v) is 10.3. The number of carbonyl (C=O) groups is 3. The number of carbonyl (C=O) groups excluding carboxylic acids is 2. The summed E-state index contributed by atoms with van der Waals surface area (Å²) in [5, 5.41) is 7.95. The van der Waals surface area contributed by atoms with Crippen molar-refractivity contribution in [3.63, 3.8) is 0 Å². The summed E-state index contributed by atoms with van der Waals surface area (Å²) in [6.07, 6.45) is -0.0435. The Morgan fingerprint density at radius 2 is 1.77 bits per heavy atom. The fraction of sp³-hybridized carbons (Fsp3) is 0.318. The van der Waals surface area contributed by atoms with Crippen LogP contribution >= 0.6 is 11.8 Å². The van der Waals surface area contributed by atoms with E-state index < -0.39 is 28.6 Å². The van der Waals surface area contributed by atoms with Crippen LogP contribution in [0.2, 0.25) is 0 Å². The molecule has 7 nitrogen and oxygen atoms in total. The minimum Gasteiger partial charge on any atom is -0.497 e. The Morgan fingerprint density at radius 3 is 2.33 bits per heavy atom. The molecule has 1 fully saturated rings. The molecule has 1 amide bonds. The molecule has 3 atom stereocenters. The molecule has 3 unspecified atom stereocenters. The van der Waals surface area contributed by atoms with Crippen molar-refractivity contribution in [3.8, 4) is 5.75 Å². The molecule has 1 heterocycles. The molecule has 8 heteroatoms. The van der Waals surface area contributed by atoms with Gasteiger partial charge >= 0.3 is 11.9 Å². The maximum absolute atomic E-state index is 13.2. The van der Waals surface area contributed by atoms with Crippen molar-refractivity contribution in [2.24, 2.45) is 0 Å². The molecule has 1 N–H and O–H groups in total. The van der Waals surface area contributed by atoms with Crippen LogP contribution in [0.15, 0.2) is 54.6 Å². The van der Waals surface area contributed by atoms with Gasteiger partial charge in [-0.25, -0.2) is 4.79 Å². The quantitative estimate of drug-likeness (QED) is 0.645. The highest BCUT2D eigenvalue weighted by molar-refractivity contribution is 8.01. The molecule has 3 rings (SSSR count). The summed E-state index contributed by atoms with van der Waals surface area (Å²) in [4.78, 5) is 38.7. The lowest BCUT2D eigenvalue weighted by Gasteiger charge is -2.31. The monoisotopic (exact) mass is 429 g/mol. The highest BCUT2D eigenvalue weighted by atomic mass is 32.2. The van der Waals surface area contributed by atoms with Crippen LogP contribution in [0.25, 0.3) is 0 Å². The van der Waals surface area contributed by atoms with Gasteiger partial charge in [0, 0.05) is 6.42 Å². The van der Waals surface area contributed by atoms with Crippen LogP contribution in [0.3, 0.4) is 0 Å². The van der Waals surface area contributed by atoms with E-state index in [1.807, 2.05) is 42.5 Å². The van der Waals surface area contributed by atoms with Crippen molar-refractivity contribution >= 4 is 29.6 Å². The number of methoxy groups -OCH3 is 2. The van der Waals surface area contributed by atoms with E-state index in [1.54, 1.807) is 19.2 Å². The number of carboxylic acids is 1. The first-order chi connectivity index (χ1) is 14.4. The number of thioether (sulfide) groups is 1. The van der Waals surface area contributed by atoms with Crippen molar-refractivity contribution in [3.05, 3.63) is 65.7 Å². The lowest BCUT2D eigenvalue weighted by atomic mass is 10.0. The second kappa shape index (κ2) is 9.67. The zero-order chi connectivity index (χ0) is 21.7. The molecular formula is C22H23NO6S. The van der Waals surface area contributed by atoms with Crippen molar-refractivity contribution < 1.29 is 29.0 Å². The van der Waals surface area contributed by atoms with Crippen LogP contribution in [-0.2, 0) is 25.5 Å². The fourth-order valence-corrected chi connectivity index (χ4v) is 4.93. The number of benzene rings is 2. The topological polar surface area (TPSA) is 93.1 Å². The summed E-state index contributed by atoms with van der Waals surface area (Å²) in [6.45, 7) is 0. The van der Waals surface area contributed by atoms with Gasteiger partial charge in [-0.15, -0.1) is 11.8 Å². The normalized spacial score (nSPS) is 19.4. The predicted molar refractivity (Wildman–Crippen MR) is 112 cm³/mol. The van der Waals surface area contributed by atoms with E-state index >= 15 is 0 Å². The summed E-state index contributed by atoms with van der Waals surface area (Å²) < 4.78 is 10.2. The van der Waals surface area contributed by atoms with Gasteiger partial charge in [-0.2, -0.15) is 0 Å². The first-order valence-electron chi connectivity index (χ1n) is 9.39. The third-order valence-corrected chi connectivity index (χ3v) is 6.37. The van der Waals surface area contributed by atoms with Gasteiger partial charge in [0.1, 0.15) is 17.2 Å². The summed E-state index contributed by atoms with van der Waals surface area (Å²) in [5.41, 5.74) is 1.66. The molecule has 0 saturated carbocycles. The molecule has 0 spiro atoms. The summed E-state index contributed by atoms with van der Waals surface area (Å²) in [5.74, 6) is -1.32. The van der Waals surface area contributed by atoms with Gasteiger partial charge in [0.05, 0.1) is 25.9 Å². The molecular weight excluding hydrogens is 406 g/mol. The third kappa shape index (κ3) is 4.76. The van der Waals surface area contributed by atoms with Gasteiger partial charge in [-0.05, 0) is 23.3 Å². The maximum Gasteiger partial charge on any atom is 0.328 e. The Bertz CT molecular complexity index is 902. The van der Waals surface area contributed by atoms with E-state index in [0.29, 0.717) is 5.75 Å². The fourth-order valence-electron chi connectivity index (χ4n) is 3.45.